The quantitative estimate of drug-likeness (QED) is 0.280. The number of nitrogens with zero attached hydrogens (tertiary/aromatic N) is 2. The predicted molar refractivity (Wildman–Crippen MR) is 153 cm³/mol. The van der Waals surface area contributed by atoms with E-state index in [1.54, 1.807) is 4.90 Å². The van der Waals surface area contributed by atoms with Crippen LogP contribution in [0.1, 0.15) is 49.7 Å². The molecule has 2 heterocycles. The molecule has 39 heavy (non-hydrogen) atoms. The van der Waals surface area contributed by atoms with Crippen molar-refractivity contribution < 1.29 is 9.59 Å². The smallest absolute Gasteiger partial charge is 0.240 e. The number of H-pyrrole nitrogens is 1. The first kappa shape index (κ1) is 25.2. The highest BCUT2D eigenvalue weighted by Gasteiger charge is 2.36. The minimum atomic E-state index is -0.174. The average Bonchev–Trinajstić information content (AvgIpc) is 3.33. The first-order valence-corrected chi connectivity index (χ1v) is 13.9. The Morgan fingerprint density at radius 1 is 0.974 bits per heavy atom. The van der Waals surface area contributed by atoms with Crippen molar-refractivity contribution in [3.05, 3.63) is 90.3 Å². The van der Waals surface area contributed by atoms with Crippen molar-refractivity contribution in [1.82, 2.24) is 15.3 Å². The predicted octanol–water partition coefficient (Wildman–Crippen LogP) is 5.99. The molecule has 7 nitrogen and oxygen atoms in total. The lowest BCUT2D eigenvalue weighted by Crippen LogP contribution is -2.44. The molecule has 2 aliphatic rings. The third-order valence-electron chi connectivity index (χ3n) is 7.91. The maximum absolute atomic E-state index is 13.8. The van der Waals surface area contributed by atoms with E-state index >= 15 is 0 Å². The molecular formula is C32H33N5O2. The molecular weight excluding hydrogens is 486 g/mol. The molecule has 1 atom stereocenters. The monoisotopic (exact) mass is 519 g/mol. The number of carbonyl (C=O) groups is 2. The van der Waals surface area contributed by atoms with Gasteiger partial charge in [0.25, 0.3) is 0 Å². The molecule has 0 saturated heterocycles. The maximum atomic E-state index is 13.8. The topological polar surface area (TPSA) is 90.1 Å². The van der Waals surface area contributed by atoms with E-state index < -0.39 is 0 Å². The Labute approximate surface area is 229 Å². The van der Waals surface area contributed by atoms with Crippen molar-refractivity contribution in [1.29, 1.82) is 0 Å². The molecule has 2 amide bonds. The number of aromatic amines is 1. The molecule has 1 aromatic heterocycles. The number of imidazole rings is 1. The summed E-state index contributed by atoms with van der Waals surface area (Å²) >= 11 is 0. The van der Waals surface area contributed by atoms with Crippen LogP contribution < -0.4 is 15.5 Å². The van der Waals surface area contributed by atoms with Gasteiger partial charge in [-0.3, -0.25) is 9.59 Å². The second-order valence-corrected chi connectivity index (χ2v) is 10.5. The van der Waals surface area contributed by atoms with Crippen LogP contribution in [0.5, 0.6) is 0 Å². The van der Waals surface area contributed by atoms with Crippen molar-refractivity contribution in [2.45, 2.75) is 45.1 Å². The molecule has 7 heteroatoms. The number of hydrogen-bond donors (Lipinski definition) is 3. The first-order valence-electron chi connectivity index (χ1n) is 13.9. The summed E-state index contributed by atoms with van der Waals surface area (Å²) in [6.07, 6.45) is 9.86. The molecule has 6 rings (SSSR count). The second-order valence-electron chi connectivity index (χ2n) is 10.5. The minimum absolute atomic E-state index is 0.00639. The number of nitrogens with one attached hydrogen (secondary N) is 3. The molecule has 0 bridgehead atoms. The second kappa shape index (κ2) is 11.3. The van der Waals surface area contributed by atoms with E-state index in [0.717, 1.165) is 46.4 Å². The van der Waals surface area contributed by atoms with Gasteiger partial charge in [0.15, 0.2) is 0 Å². The fourth-order valence-corrected chi connectivity index (χ4v) is 5.81. The number of para-hydroxylation sites is 3. The van der Waals surface area contributed by atoms with Crippen molar-refractivity contribution in [2.24, 2.45) is 11.8 Å². The van der Waals surface area contributed by atoms with E-state index in [1.807, 2.05) is 72.8 Å². The highest BCUT2D eigenvalue weighted by Crippen LogP contribution is 2.38. The molecule has 1 fully saturated rings. The summed E-state index contributed by atoms with van der Waals surface area (Å²) in [7, 11) is 0. The Hall–Kier alpha value is -4.13. The largest absolute Gasteiger partial charge is 0.350 e. The van der Waals surface area contributed by atoms with Crippen molar-refractivity contribution in [3.63, 3.8) is 0 Å². The number of hydrogen-bond acceptors (Lipinski definition) is 4. The zero-order chi connectivity index (χ0) is 26.6. The van der Waals surface area contributed by atoms with Gasteiger partial charge < -0.3 is 20.5 Å². The fraction of sp³-hybridized carbons (Fsp3) is 0.312. The van der Waals surface area contributed by atoms with Gasteiger partial charge in [-0.2, -0.15) is 0 Å². The van der Waals surface area contributed by atoms with E-state index in [0.29, 0.717) is 24.8 Å². The zero-order valence-corrected chi connectivity index (χ0v) is 22.0. The lowest BCUT2D eigenvalue weighted by atomic mass is 9.77. The van der Waals surface area contributed by atoms with Gasteiger partial charge in [0.1, 0.15) is 6.54 Å². The lowest BCUT2D eigenvalue weighted by Gasteiger charge is -2.32. The number of rotatable bonds is 7. The van der Waals surface area contributed by atoms with Crippen LogP contribution in [0, 0.1) is 18.3 Å². The van der Waals surface area contributed by atoms with Crippen LogP contribution in [-0.4, -0.2) is 28.3 Å². The zero-order valence-electron chi connectivity index (χ0n) is 22.0. The lowest BCUT2D eigenvalue weighted by molar-refractivity contribution is -0.127. The van der Waals surface area contributed by atoms with Gasteiger partial charge in [0, 0.05) is 30.3 Å². The Morgan fingerprint density at radius 3 is 2.56 bits per heavy atom. The summed E-state index contributed by atoms with van der Waals surface area (Å²) in [6.45, 7) is 0.393. The number of aromatic nitrogens is 2. The third kappa shape index (κ3) is 5.67. The Kier molecular flexibility index (Phi) is 7.30. The first-order chi connectivity index (χ1) is 19.1. The summed E-state index contributed by atoms with van der Waals surface area (Å²) in [5.74, 6) is 0.811. The van der Waals surface area contributed by atoms with Gasteiger partial charge in [0.2, 0.25) is 17.8 Å². The highest BCUT2D eigenvalue weighted by atomic mass is 16.2. The van der Waals surface area contributed by atoms with Gasteiger partial charge in [-0.15, -0.1) is 0 Å². The van der Waals surface area contributed by atoms with E-state index in [-0.39, 0.29) is 24.3 Å². The van der Waals surface area contributed by atoms with Gasteiger partial charge in [-0.1, -0.05) is 61.7 Å². The van der Waals surface area contributed by atoms with E-state index in [2.05, 4.69) is 27.0 Å². The van der Waals surface area contributed by atoms with E-state index in [1.165, 1.54) is 19.3 Å². The molecule has 1 saturated carbocycles. The highest BCUT2D eigenvalue weighted by molar-refractivity contribution is 6.01. The molecule has 198 valence electrons. The van der Waals surface area contributed by atoms with Crippen molar-refractivity contribution in [3.8, 4) is 0 Å². The van der Waals surface area contributed by atoms with Gasteiger partial charge >= 0.3 is 0 Å². The van der Waals surface area contributed by atoms with E-state index in [4.69, 9.17) is 0 Å². The molecule has 1 unspecified atom stereocenters. The number of carbonyl (C=O) groups excluding carboxylic acids is 2. The summed E-state index contributed by atoms with van der Waals surface area (Å²) in [5, 5.41) is 6.29. The molecule has 0 spiro atoms. The van der Waals surface area contributed by atoms with Gasteiger partial charge in [0.05, 0.1) is 11.0 Å². The van der Waals surface area contributed by atoms with Crippen LogP contribution in [0.4, 0.5) is 17.3 Å². The normalized spacial score (nSPS) is 18.0. The van der Waals surface area contributed by atoms with Crippen molar-refractivity contribution in [2.75, 3.05) is 16.8 Å². The molecule has 3 N–H and O–H groups in total. The summed E-state index contributed by atoms with van der Waals surface area (Å²) in [5.41, 5.74) is 5.44. The molecule has 3 aromatic carbocycles. The van der Waals surface area contributed by atoms with Gasteiger partial charge in [-0.05, 0) is 66.6 Å². The molecule has 4 aromatic rings. The Bertz CT molecular complexity index is 1420. The molecule has 2 radical (unpaired) electrons. The fourth-order valence-electron chi connectivity index (χ4n) is 5.81. The minimum Gasteiger partial charge on any atom is -0.350 e. The van der Waals surface area contributed by atoms with Crippen LogP contribution in [0.3, 0.4) is 0 Å². The number of amides is 2. The number of anilines is 3. The van der Waals surface area contributed by atoms with Crippen LogP contribution >= 0.6 is 0 Å². The molecule has 1 aliphatic carbocycles. The van der Waals surface area contributed by atoms with E-state index in [9.17, 15) is 9.59 Å². The summed E-state index contributed by atoms with van der Waals surface area (Å²) in [6, 6.07) is 23.5. The van der Waals surface area contributed by atoms with Crippen LogP contribution in [-0.2, 0) is 16.1 Å². The van der Waals surface area contributed by atoms with Crippen molar-refractivity contribution >= 4 is 40.2 Å². The average molecular weight is 520 g/mol. The van der Waals surface area contributed by atoms with Crippen LogP contribution in [0.25, 0.3) is 11.0 Å². The summed E-state index contributed by atoms with van der Waals surface area (Å²) in [4.78, 5) is 36.3. The Morgan fingerprint density at radius 2 is 1.74 bits per heavy atom. The number of fused-ring (bicyclic) bond motifs is 2. The standard InChI is InChI=1S/C32H33N5O2/c38-30(33-20-22-14-17-25(18-15-22)34-32-35-27-11-5-6-12-28(27)36-32)21-37-29-13-7-4-10-24(29)16-19-26(31(37)39)23-8-2-1-3-9-23/h4-7,10-15,17-18,23,26H,1-3,8-9,19-21H2,(H,33,38)(H2,34,35,36). The van der Waals surface area contributed by atoms with Crippen LogP contribution in [0.2, 0.25) is 0 Å². The SMILES string of the molecule is O=C(CN1C(=O)C(C2CCCCC2)C[C]c2ccccc21)NCc1ccc(Nc2nc3ccccc3[nH]2)cc1. The van der Waals surface area contributed by atoms with Gasteiger partial charge in [-0.25, -0.2) is 4.98 Å². The summed E-state index contributed by atoms with van der Waals surface area (Å²) < 4.78 is 0. The molecule has 1 aliphatic heterocycles. The number of benzene rings is 3. The third-order valence-corrected chi connectivity index (χ3v) is 7.91. The Balaban J connectivity index is 1.09. The van der Waals surface area contributed by atoms with Crippen LogP contribution in [0.15, 0.2) is 72.8 Å². The maximum Gasteiger partial charge on any atom is 0.240 e.